The van der Waals surface area contributed by atoms with Gasteiger partial charge in [0.2, 0.25) is 0 Å². The minimum atomic E-state index is -0.0781. The summed E-state index contributed by atoms with van der Waals surface area (Å²) in [5, 5.41) is 12.0. The van der Waals surface area contributed by atoms with Crippen LogP contribution < -0.4 is 10.1 Å². The minimum absolute atomic E-state index is 0.0129. The first-order valence-corrected chi connectivity index (χ1v) is 6.99. The molecular weight excluding hydrogens is 276 g/mol. The second-order valence-corrected chi connectivity index (χ2v) is 5.03. The molecule has 6 heteroatoms. The fourth-order valence-corrected chi connectivity index (χ4v) is 2.31. The molecule has 2 unspecified atom stereocenters. The highest BCUT2D eigenvalue weighted by Gasteiger charge is 2.23. The van der Waals surface area contributed by atoms with Gasteiger partial charge >= 0.3 is 0 Å². The Bertz CT molecular complexity index is 558. The van der Waals surface area contributed by atoms with Crippen LogP contribution in [0.25, 0.3) is 0 Å². The third-order valence-corrected chi connectivity index (χ3v) is 3.31. The Hall–Kier alpha value is -1.59. The predicted octanol–water partition coefficient (Wildman–Crippen LogP) is 2.59. The van der Waals surface area contributed by atoms with E-state index in [0.717, 1.165) is 18.0 Å². The Balaban J connectivity index is 2.15. The highest BCUT2D eigenvalue weighted by molar-refractivity contribution is 6.30. The topological polar surface area (TPSA) is 52.0 Å². The lowest BCUT2D eigenvalue weighted by atomic mass is 10.1. The van der Waals surface area contributed by atoms with Gasteiger partial charge in [-0.2, -0.15) is 0 Å². The second-order valence-electron chi connectivity index (χ2n) is 4.60. The lowest BCUT2D eigenvalue weighted by molar-refractivity contribution is 0.167. The van der Waals surface area contributed by atoms with Crippen LogP contribution in [0.3, 0.4) is 0 Å². The van der Waals surface area contributed by atoms with E-state index in [2.05, 4.69) is 22.6 Å². The molecule has 0 bridgehead atoms. The molecule has 1 heterocycles. The van der Waals surface area contributed by atoms with Crippen LogP contribution in [-0.4, -0.2) is 27.6 Å². The van der Waals surface area contributed by atoms with Gasteiger partial charge in [-0.1, -0.05) is 29.8 Å². The zero-order valence-corrected chi connectivity index (χ0v) is 12.6. The standard InChI is InChI=1S/C14H19ClN4O/c1-4-16-14(13-9-17-18-19(13)3)10(2)20-12-7-5-6-11(15)8-12/h5-10,14,16H,4H2,1-3H3. The van der Waals surface area contributed by atoms with Crippen molar-refractivity contribution in [1.29, 1.82) is 0 Å². The Morgan fingerprint density at radius 1 is 1.45 bits per heavy atom. The summed E-state index contributed by atoms with van der Waals surface area (Å²) in [7, 11) is 1.87. The number of hydrogen-bond acceptors (Lipinski definition) is 4. The molecular formula is C14H19ClN4O. The number of likely N-dealkylation sites (N-methyl/N-ethyl adjacent to an activating group) is 1. The van der Waals surface area contributed by atoms with Crippen molar-refractivity contribution in [3.8, 4) is 5.75 Å². The number of rotatable bonds is 6. The van der Waals surface area contributed by atoms with Gasteiger partial charge < -0.3 is 10.1 Å². The van der Waals surface area contributed by atoms with E-state index in [1.807, 2.05) is 38.2 Å². The molecule has 20 heavy (non-hydrogen) atoms. The average Bonchev–Trinajstić information content (AvgIpc) is 2.82. The number of benzene rings is 1. The number of aromatic nitrogens is 3. The normalized spacial score (nSPS) is 14.0. The summed E-state index contributed by atoms with van der Waals surface area (Å²) in [6.07, 6.45) is 1.68. The maximum atomic E-state index is 5.97. The van der Waals surface area contributed by atoms with Gasteiger partial charge in [0.25, 0.3) is 0 Å². The van der Waals surface area contributed by atoms with E-state index in [4.69, 9.17) is 16.3 Å². The molecule has 2 aromatic rings. The minimum Gasteiger partial charge on any atom is -0.489 e. The third-order valence-electron chi connectivity index (χ3n) is 3.08. The molecule has 0 amide bonds. The molecule has 0 aliphatic heterocycles. The first kappa shape index (κ1) is 14.8. The number of nitrogens with one attached hydrogen (secondary N) is 1. The Morgan fingerprint density at radius 3 is 2.85 bits per heavy atom. The Morgan fingerprint density at radius 2 is 2.25 bits per heavy atom. The molecule has 5 nitrogen and oxygen atoms in total. The number of ether oxygens (including phenoxy) is 1. The van der Waals surface area contributed by atoms with E-state index in [9.17, 15) is 0 Å². The first-order chi connectivity index (χ1) is 9.61. The zero-order valence-electron chi connectivity index (χ0n) is 11.9. The van der Waals surface area contributed by atoms with E-state index in [-0.39, 0.29) is 12.1 Å². The van der Waals surface area contributed by atoms with Gasteiger partial charge in [-0.3, -0.25) is 4.68 Å². The van der Waals surface area contributed by atoms with Crippen molar-refractivity contribution in [3.05, 3.63) is 41.2 Å². The number of hydrogen-bond donors (Lipinski definition) is 1. The first-order valence-electron chi connectivity index (χ1n) is 6.62. The van der Waals surface area contributed by atoms with Gasteiger partial charge in [0.05, 0.1) is 17.9 Å². The van der Waals surface area contributed by atoms with E-state index in [1.165, 1.54) is 0 Å². The SMILES string of the molecule is CCNC(c1cnnn1C)C(C)Oc1cccc(Cl)c1. The number of aryl methyl sites for hydroxylation is 1. The molecule has 0 aliphatic carbocycles. The van der Waals surface area contributed by atoms with E-state index in [1.54, 1.807) is 10.9 Å². The van der Waals surface area contributed by atoms with Crippen LogP contribution in [0.2, 0.25) is 5.02 Å². The molecule has 1 aromatic heterocycles. The summed E-state index contributed by atoms with van der Waals surface area (Å²) in [5.41, 5.74) is 0.987. The molecule has 0 saturated heterocycles. The van der Waals surface area contributed by atoms with Gasteiger partial charge in [0.1, 0.15) is 11.9 Å². The number of halogens is 1. The van der Waals surface area contributed by atoms with Crippen molar-refractivity contribution in [1.82, 2.24) is 20.3 Å². The molecule has 0 radical (unpaired) electrons. The van der Waals surface area contributed by atoms with E-state index < -0.39 is 0 Å². The van der Waals surface area contributed by atoms with Gasteiger partial charge in [0, 0.05) is 12.1 Å². The highest BCUT2D eigenvalue weighted by Crippen LogP contribution is 2.23. The summed E-state index contributed by atoms with van der Waals surface area (Å²) >= 11 is 5.97. The average molecular weight is 295 g/mol. The smallest absolute Gasteiger partial charge is 0.121 e. The molecule has 0 saturated carbocycles. The molecule has 0 fully saturated rings. The Kier molecular flexibility index (Phi) is 4.98. The van der Waals surface area contributed by atoms with Gasteiger partial charge in [0.15, 0.2) is 0 Å². The summed E-state index contributed by atoms with van der Waals surface area (Å²) in [6.45, 7) is 4.91. The van der Waals surface area contributed by atoms with Crippen LogP contribution in [0.4, 0.5) is 0 Å². The highest BCUT2D eigenvalue weighted by atomic mass is 35.5. The molecule has 0 spiro atoms. The summed E-state index contributed by atoms with van der Waals surface area (Å²) in [6, 6.07) is 7.42. The van der Waals surface area contributed by atoms with Gasteiger partial charge in [-0.05, 0) is 31.7 Å². The van der Waals surface area contributed by atoms with Crippen molar-refractivity contribution in [3.63, 3.8) is 0 Å². The van der Waals surface area contributed by atoms with Crippen molar-refractivity contribution < 1.29 is 4.74 Å². The second kappa shape index (κ2) is 6.72. The fraction of sp³-hybridized carbons (Fsp3) is 0.429. The van der Waals surface area contributed by atoms with Crippen LogP contribution >= 0.6 is 11.6 Å². The molecule has 1 aromatic carbocycles. The van der Waals surface area contributed by atoms with Crippen molar-refractivity contribution in [2.24, 2.45) is 7.05 Å². The van der Waals surface area contributed by atoms with Gasteiger partial charge in [-0.25, -0.2) is 0 Å². The van der Waals surface area contributed by atoms with Crippen LogP contribution in [0.15, 0.2) is 30.5 Å². The monoisotopic (exact) mass is 294 g/mol. The van der Waals surface area contributed by atoms with Crippen molar-refractivity contribution >= 4 is 11.6 Å². The van der Waals surface area contributed by atoms with Crippen LogP contribution in [-0.2, 0) is 7.05 Å². The summed E-state index contributed by atoms with van der Waals surface area (Å²) in [4.78, 5) is 0. The van der Waals surface area contributed by atoms with Crippen molar-refractivity contribution in [2.75, 3.05) is 6.54 Å². The summed E-state index contributed by atoms with van der Waals surface area (Å²) in [5.74, 6) is 0.753. The van der Waals surface area contributed by atoms with Crippen LogP contribution in [0.1, 0.15) is 25.6 Å². The largest absolute Gasteiger partial charge is 0.489 e. The lowest BCUT2D eigenvalue weighted by Crippen LogP contribution is -2.35. The van der Waals surface area contributed by atoms with E-state index >= 15 is 0 Å². The fourth-order valence-electron chi connectivity index (χ4n) is 2.13. The van der Waals surface area contributed by atoms with Crippen LogP contribution in [0.5, 0.6) is 5.75 Å². The molecule has 1 N–H and O–H groups in total. The predicted molar refractivity (Wildman–Crippen MR) is 79.0 cm³/mol. The summed E-state index contributed by atoms with van der Waals surface area (Å²) < 4.78 is 7.73. The zero-order chi connectivity index (χ0) is 14.5. The molecule has 108 valence electrons. The maximum absolute atomic E-state index is 5.97. The molecule has 0 aliphatic rings. The molecule has 2 rings (SSSR count). The molecule has 2 atom stereocenters. The van der Waals surface area contributed by atoms with Crippen LogP contribution in [0, 0.1) is 0 Å². The quantitative estimate of drug-likeness (QED) is 0.890. The lowest BCUT2D eigenvalue weighted by Gasteiger charge is -2.25. The Labute approximate surface area is 123 Å². The van der Waals surface area contributed by atoms with Crippen molar-refractivity contribution in [2.45, 2.75) is 26.0 Å². The third kappa shape index (κ3) is 3.49. The van der Waals surface area contributed by atoms with Gasteiger partial charge in [-0.15, -0.1) is 5.10 Å². The van der Waals surface area contributed by atoms with E-state index in [0.29, 0.717) is 5.02 Å². The number of nitrogens with zero attached hydrogens (tertiary/aromatic N) is 3. The maximum Gasteiger partial charge on any atom is 0.121 e.